The normalized spacial score (nSPS) is 16.3. The van der Waals surface area contributed by atoms with Crippen LogP contribution in [-0.4, -0.2) is 51.9 Å². The second kappa shape index (κ2) is 12.0. The molecule has 0 N–H and O–H groups in total. The highest BCUT2D eigenvalue weighted by atomic mass is 19.4. The number of halogens is 3. The van der Waals surface area contributed by atoms with E-state index in [4.69, 9.17) is 9.47 Å². The van der Waals surface area contributed by atoms with Crippen LogP contribution >= 0.6 is 0 Å². The summed E-state index contributed by atoms with van der Waals surface area (Å²) in [5.41, 5.74) is 4.55. The van der Waals surface area contributed by atoms with Crippen molar-refractivity contribution < 1.29 is 27.4 Å². The van der Waals surface area contributed by atoms with Crippen molar-refractivity contribution in [3.05, 3.63) is 101 Å². The maximum atomic E-state index is 13.5. The van der Waals surface area contributed by atoms with Gasteiger partial charge in [0.15, 0.2) is 5.69 Å². The van der Waals surface area contributed by atoms with Crippen molar-refractivity contribution in [2.45, 2.75) is 44.4 Å². The van der Waals surface area contributed by atoms with Gasteiger partial charge in [0.1, 0.15) is 18.9 Å². The molecule has 0 atom stereocenters. The summed E-state index contributed by atoms with van der Waals surface area (Å²) in [5.74, 6) is 0.494. The van der Waals surface area contributed by atoms with E-state index in [-0.39, 0.29) is 25.0 Å². The minimum Gasteiger partial charge on any atom is -0.491 e. The number of carbonyl (C=O) groups excluding carboxylic acids is 1. The molecule has 2 aromatic carbocycles. The summed E-state index contributed by atoms with van der Waals surface area (Å²) < 4.78 is 53.3. The molecule has 1 aliphatic carbocycles. The van der Waals surface area contributed by atoms with Crippen molar-refractivity contribution in [1.82, 2.24) is 19.7 Å². The average Bonchev–Trinajstić information content (AvgIpc) is 3.73. The fourth-order valence-corrected chi connectivity index (χ4v) is 5.26. The number of hydrogen-bond acceptors (Lipinski definition) is 5. The minimum absolute atomic E-state index is 0.0157. The summed E-state index contributed by atoms with van der Waals surface area (Å²) in [6.45, 7) is 1.28. The molecule has 7 nitrogen and oxygen atoms in total. The molecular formula is C32H31F3N4O3. The van der Waals surface area contributed by atoms with Gasteiger partial charge in [-0.3, -0.25) is 14.5 Å². The van der Waals surface area contributed by atoms with Crippen LogP contribution in [0.4, 0.5) is 13.2 Å². The lowest BCUT2D eigenvalue weighted by atomic mass is 9.98. The number of nitrogens with zero attached hydrogens (tertiary/aromatic N) is 4. The first-order chi connectivity index (χ1) is 20.3. The minimum atomic E-state index is -4.56. The molecule has 0 radical (unpaired) electrons. The Morgan fingerprint density at radius 1 is 0.952 bits per heavy atom. The lowest BCUT2D eigenvalue weighted by Crippen LogP contribution is -2.36. The predicted octanol–water partition coefficient (Wildman–Crippen LogP) is 5.87. The van der Waals surface area contributed by atoms with Crippen LogP contribution in [-0.2, 0) is 35.2 Å². The number of rotatable bonds is 4. The number of alkyl halides is 3. The van der Waals surface area contributed by atoms with E-state index in [1.807, 2.05) is 48.7 Å². The highest BCUT2D eigenvalue weighted by Crippen LogP contribution is 2.42. The predicted molar refractivity (Wildman–Crippen MR) is 150 cm³/mol. The first kappa shape index (κ1) is 28.0. The Morgan fingerprint density at radius 2 is 1.81 bits per heavy atom. The van der Waals surface area contributed by atoms with Crippen molar-refractivity contribution in [2.24, 2.45) is 0 Å². The SMILES string of the molecule is O=C(Cn1nc(C(F)(F)F)cc1C1CC1)N1CCOCCOc2ccc(-c3cccnc3)cc2Cc2cccc(c2)C1. The molecule has 1 saturated carbocycles. The van der Waals surface area contributed by atoms with Crippen LogP contribution in [0.15, 0.2) is 73.1 Å². The summed E-state index contributed by atoms with van der Waals surface area (Å²) in [6, 6.07) is 19.1. The largest absolute Gasteiger partial charge is 0.491 e. The number of benzene rings is 2. The van der Waals surface area contributed by atoms with Crippen LogP contribution in [0.25, 0.3) is 11.1 Å². The monoisotopic (exact) mass is 576 g/mol. The zero-order valence-corrected chi connectivity index (χ0v) is 23.0. The summed E-state index contributed by atoms with van der Waals surface area (Å²) in [5, 5.41) is 3.77. The first-order valence-electron chi connectivity index (χ1n) is 14.1. The fraction of sp³-hybridized carbons (Fsp3) is 0.344. The van der Waals surface area contributed by atoms with Gasteiger partial charge in [-0.2, -0.15) is 18.3 Å². The maximum Gasteiger partial charge on any atom is 0.435 e. The zero-order valence-electron chi connectivity index (χ0n) is 23.0. The van der Waals surface area contributed by atoms with Gasteiger partial charge in [-0.15, -0.1) is 0 Å². The van der Waals surface area contributed by atoms with Gasteiger partial charge in [-0.25, -0.2) is 0 Å². The zero-order chi connectivity index (χ0) is 29.1. The van der Waals surface area contributed by atoms with Crippen LogP contribution in [0.3, 0.4) is 0 Å². The highest BCUT2D eigenvalue weighted by molar-refractivity contribution is 5.76. The Balaban J connectivity index is 1.25. The van der Waals surface area contributed by atoms with E-state index in [2.05, 4.69) is 22.2 Å². The third kappa shape index (κ3) is 6.65. The van der Waals surface area contributed by atoms with Gasteiger partial charge in [0, 0.05) is 49.1 Å². The lowest BCUT2D eigenvalue weighted by molar-refractivity contribution is -0.142. The number of carbonyl (C=O) groups is 1. The van der Waals surface area contributed by atoms with Gasteiger partial charge in [0.05, 0.1) is 13.2 Å². The molecule has 3 heterocycles. The molecule has 1 fully saturated rings. The Hall–Kier alpha value is -4.18. The topological polar surface area (TPSA) is 69.5 Å². The summed E-state index contributed by atoms with van der Waals surface area (Å²) in [4.78, 5) is 19.4. The number of fused-ring (bicyclic) bond motifs is 3. The van der Waals surface area contributed by atoms with Crippen molar-refractivity contribution in [3.63, 3.8) is 0 Å². The van der Waals surface area contributed by atoms with Gasteiger partial charge >= 0.3 is 6.18 Å². The lowest BCUT2D eigenvalue weighted by Gasteiger charge is -2.24. The Labute approximate surface area is 241 Å². The smallest absolute Gasteiger partial charge is 0.435 e. The molecule has 10 heteroatoms. The van der Waals surface area contributed by atoms with Crippen LogP contribution in [0.1, 0.15) is 46.8 Å². The number of ether oxygens (including phenoxy) is 2. The van der Waals surface area contributed by atoms with E-state index in [0.29, 0.717) is 38.4 Å². The fourth-order valence-electron chi connectivity index (χ4n) is 5.26. The van der Waals surface area contributed by atoms with Gasteiger partial charge in [-0.1, -0.05) is 36.4 Å². The van der Waals surface area contributed by atoms with Crippen LogP contribution < -0.4 is 4.74 Å². The maximum absolute atomic E-state index is 13.5. The average molecular weight is 577 g/mol. The van der Waals surface area contributed by atoms with Crippen molar-refractivity contribution in [1.29, 1.82) is 0 Å². The molecule has 4 aromatic rings. The number of hydrogen-bond donors (Lipinski definition) is 0. The molecule has 1 amide bonds. The third-order valence-corrected chi connectivity index (χ3v) is 7.54. The molecule has 42 heavy (non-hydrogen) atoms. The molecule has 2 aliphatic rings. The first-order valence-corrected chi connectivity index (χ1v) is 14.1. The van der Waals surface area contributed by atoms with E-state index >= 15 is 0 Å². The molecule has 218 valence electrons. The number of pyridine rings is 1. The van der Waals surface area contributed by atoms with E-state index < -0.39 is 11.9 Å². The quantitative estimate of drug-likeness (QED) is 0.304. The molecule has 6 rings (SSSR count). The van der Waals surface area contributed by atoms with Crippen molar-refractivity contribution >= 4 is 5.91 Å². The van der Waals surface area contributed by atoms with E-state index in [1.165, 1.54) is 4.68 Å². The van der Waals surface area contributed by atoms with Crippen LogP contribution in [0, 0.1) is 0 Å². The van der Waals surface area contributed by atoms with Gasteiger partial charge < -0.3 is 14.4 Å². The third-order valence-electron chi connectivity index (χ3n) is 7.54. The molecule has 1 aliphatic heterocycles. The Kier molecular flexibility index (Phi) is 7.97. The Bertz CT molecular complexity index is 1550. The second-order valence-electron chi connectivity index (χ2n) is 10.7. The molecule has 2 bridgehead atoms. The number of aromatic nitrogens is 3. The molecular weight excluding hydrogens is 545 g/mol. The molecule has 2 aromatic heterocycles. The van der Waals surface area contributed by atoms with E-state index in [9.17, 15) is 18.0 Å². The van der Waals surface area contributed by atoms with Crippen molar-refractivity contribution in [3.8, 4) is 16.9 Å². The van der Waals surface area contributed by atoms with E-state index in [1.54, 1.807) is 11.1 Å². The van der Waals surface area contributed by atoms with Crippen LogP contribution in [0.5, 0.6) is 5.75 Å². The van der Waals surface area contributed by atoms with Gasteiger partial charge in [0.25, 0.3) is 0 Å². The van der Waals surface area contributed by atoms with Gasteiger partial charge in [-0.05, 0) is 59.4 Å². The molecule has 0 saturated heterocycles. The summed E-state index contributed by atoms with van der Waals surface area (Å²) in [7, 11) is 0. The summed E-state index contributed by atoms with van der Waals surface area (Å²) in [6.07, 6.45) is 1.23. The van der Waals surface area contributed by atoms with Crippen LogP contribution in [0.2, 0.25) is 0 Å². The second-order valence-corrected chi connectivity index (χ2v) is 10.7. The highest BCUT2D eigenvalue weighted by Gasteiger charge is 2.38. The summed E-state index contributed by atoms with van der Waals surface area (Å²) >= 11 is 0. The number of amides is 1. The van der Waals surface area contributed by atoms with Gasteiger partial charge in [0.2, 0.25) is 5.91 Å². The van der Waals surface area contributed by atoms with Crippen molar-refractivity contribution in [2.75, 3.05) is 26.4 Å². The Morgan fingerprint density at radius 3 is 2.60 bits per heavy atom. The molecule has 0 spiro atoms. The standard InChI is InChI=1S/C32H31F3N4O3/c33-32(34,35)30-18-28(24-6-7-24)39(37-30)21-31(40)38-11-12-41-13-14-42-29-9-8-25(26-5-2-10-36-19-26)17-27(29)16-22-3-1-4-23(15-22)20-38/h1-5,8-10,15,17-19,24H,6-7,11-14,16,20-21H2. The van der Waals surface area contributed by atoms with E-state index in [0.717, 1.165) is 52.5 Å². The molecule has 0 unspecified atom stereocenters.